The summed E-state index contributed by atoms with van der Waals surface area (Å²) < 4.78 is 6.18. The molecule has 7 heteroatoms. The summed E-state index contributed by atoms with van der Waals surface area (Å²) >= 11 is 0. The molecule has 1 aromatic rings. The maximum absolute atomic E-state index is 11.3. The van der Waals surface area contributed by atoms with Crippen LogP contribution in [-0.4, -0.2) is 28.3 Å². The summed E-state index contributed by atoms with van der Waals surface area (Å²) in [7, 11) is 0. The van der Waals surface area contributed by atoms with Gasteiger partial charge in [-0.1, -0.05) is 13.3 Å². The fourth-order valence-corrected chi connectivity index (χ4v) is 1.22. The molecule has 1 heterocycles. The SMILES string of the molecule is CCCCOC(=O)Cn1cc(N)c(C(N)=O)n1. The Balaban J connectivity index is 2.54. The zero-order chi connectivity index (χ0) is 12.8. The van der Waals surface area contributed by atoms with Crippen molar-refractivity contribution in [3.63, 3.8) is 0 Å². The fourth-order valence-electron chi connectivity index (χ4n) is 1.22. The van der Waals surface area contributed by atoms with Gasteiger partial charge in [0.05, 0.1) is 12.3 Å². The molecule has 0 radical (unpaired) electrons. The van der Waals surface area contributed by atoms with Crippen molar-refractivity contribution in [1.29, 1.82) is 0 Å². The van der Waals surface area contributed by atoms with Gasteiger partial charge in [-0.3, -0.25) is 14.3 Å². The molecule has 0 aromatic carbocycles. The highest BCUT2D eigenvalue weighted by atomic mass is 16.5. The summed E-state index contributed by atoms with van der Waals surface area (Å²) in [6.07, 6.45) is 3.15. The van der Waals surface area contributed by atoms with Crippen molar-refractivity contribution in [3.05, 3.63) is 11.9 Å². The van der Waals surface area contributed by atoms with Crippen LogP contribution in [0.25, 0.3) is 0 Å². The zero-order valence-corrected chi connectivity index (χ0v) is 9.68. The van der Waals surface area contributed by atoms with E-state index in [1.807, 2.05) is 6.92 Å². The molecule has 0 bridgehead atoms. The third kappa shape index (κ3) is 3.78. The maximum Gasteiger partial charge on any atom is 0.327 e. The number of carbonyl (C=O) groups is 2. The van der Waals surface area contributed by atoms with Gasteiger partial charge in [0.25, 0.3) is 5.91 Å². The molecule has 0 saturated carbocycles. The number of primary amides is 1. The van der Waals surface area contributed by atoms with Crippen molar-refractivity contribution >= 4 is 17.6 Å². The van der Waals surface area contributed by atoms with Crippen LogP contribution in [0.5, 0.6) is 0 Å². The Bertz CT molecular complexity index is 414. The van der Waals surface area contributed by atoms with Gasteiger partial charge < -0.3 is 16.2 Å². The fraction of sp³-hybridized carbons (Fsp3) is 0.500. The first-order chi connectivity index (χ1) is 8.04. The molecule has 0 fully saturated rings. The lowest BCUT2D eigenvalue weighted by Crippen LogP contribution is -2.17. The summed E-state index contributed by atoms with van der Waals surface area (Å²) in [5.41, 5.74) is 10.7. The van der Waals surface area contributed by atoms with E-state index in [9.17, 15) is 9.59 Å². The minimum absolute atomic E-state index is 0.0358. The Hall–Kier alpha value is -2.05. The van der Waals surface area contributed by atoms with Gasteiger partial charge in [0, 0.05) is 6.20 Å². The minimum atomic E-state index is -0.722. The van der Waals surface area contributed by atoms with Crippen LogP contribution >= 0.6 is 0 Å². The van der Waals surface area contributed by atoms with Gasteiger partial charge in [-0.25, -0.2) is 0 Å². The molecule has 0 aliphatic heterocycles. The van der Waals surface area contributed by atoms with Crippen molar-refractivity contribution in [2.75, 3.05) is 12.3 Å². The Morgan fingerprint density at radius 2 is 2.24 bits per heavy atom. The summed E-state index contributed by atoms with van der Waals surface area (Å²) in [5.74, 6) is -1.14. The number of hydrogen-bond donors (Lipinski definition) is 2. The van der Waals surface area contributed by atoms with E-state index in [2.05, 4.69) is 5.10 Å². The molecule has 0 aliphatic carbocycles. The van der Waals surface area contributed by atoms with Gasteiger partial charge >= 0.3 is 5.97 Å². The van der Waals surface area contributed by atoms with Crippen LogP contribution in [-0.2, 0) is 16.1 Å². The van der Waals surface area contributed by atoms with Gasteiger partial charge in [0.2, 0.25) is 0 Å². The number of anilines is 1. The lowest BCUT2D eigenvalue weighted by Gasteiger charge is -2.03. The third-order valence-electron chi connectivity index (χ3n) is 2.08. The molecule has 94 valence electrons. The number of esters is 1. The Labute approximate surface area is 98.7 Å². The number of nitrogens with zero attached hydrogens (tertiary/aromatic N) is 2. The van der Waals surface area contributed by atoms with Crippen molar-refractivity contribution in [1.82, 2.24) is 9.78 Å². The molecular formula is C10H16N4O3. The normalized spacial score (nSPS) is 10.2. The van der Waals surface area contributed by atoms with Crippen LogP contribution in [0.1, 0.15) is 30.3 Å². The molecule has 17 heavy (non-hydrogen) atoms. The quantitative estimate of drug-likeness (QED) is 0.532. The lowest BCUT2D eigenvalue weighted by molar-refractivity contribution is -0.144. The second-order valence-electron chi connectivity index (χ2n) is 3.57. The first-order valence-electron chi connectivity index (χ1n) is 5.33. The van der Waals surface area contributed by atoms with Crippen molar-refractivity contribution in [3.8, 4) is 0 Å². The van der Waals surface area contributed by atoms with Crippen LogP contribution in [0, 0.1) is 0 Å². The van der Waals surface area contributed by atoms with E-state index in [0.29, 0.717) is 6.61 Å². The molecule has 0 saturated heterocycles. The number of nitrogens with two attached hydrogens (primary N) is 2. The van der Waals surface area contributed by atoms with E-state index in [1.54, 1.807) is 0 Å². The number of aromatic nitrogens is 2. The summed E-state index contributed by atoms with van der Waals surface area (Å²) in [5, 5.41) is 3.79. The molecule has 0 aliphatic rings. The van der Waals surface area contributed by atoms with Crippen LogP contribution in [0.3, 0.4) is 0 Å². The van der Waals surface area contributed by atoms with Gasteiger partial charge in [0.1, 0.15) is 6.54 Å². The van der Waals surface area contributed by atoms with Crippen molar-refractivity contribution in [2.24, 2.45) is 5.73 Å². The number of nitrogen functional groups attached to an aromatic ring is 1. The topological polar surface area (TPSA) is 113 Å². The molecule has 1 aromatic heterocycles. The lowest BCUT2D eigenvalue weighted by atomic mass is 10.4. The first kappa shape index (κ1) is 13.0. The predicted molar refractivity (Wildman–Crippen MR) is 61.0 cm³/mol. The second-order valence-corrected chi connectivity index (χ2v) is 3.57. The van der Waals surface area contributed by atoms with Gasteiger partial charge in [-0.2, -0.15) is 5.10 Å². The second kappa shape index (κ2) is 5.88. The highest BCUT2D eigenvalue weighted by Gasteiger charge is 2.13. The van der Waals surface area contributed by atoms with Crippen LogP contribution < -0.4 is 11.5 Å². The molecule has 4 N–H and O–H groups in total. The third-order valence-corrected chi connectivity index (χ3v) is 2.08. The first-order valence-corrected chi connectivity index (χ1v) is 5.33. The zero-order valence-electron chi connectivity index (χ0n) is 9.68. The summed E-state index contributed by atoms with van der Waals surface area (Å²) in [6.45, 7) is 2.30. The molecule has 0 spiro atoms. The van der Waals surface area contributed by atoms with Crippen LogP contribution in [0.4, 0.5) is 5.69 Å². The van der Waals surface area contributed by atoms with E-state index < -0.39 is 11.9 Å². The standard InChI is InChI=1S/C10H16N4O3/c1-2-3-4-17-8(15)6-14-5-7(11)9(13-14)10(12)16/h5H,2-4,6,11H2,1H3,(H2,12,16). The van der Waals surface area contributed by atoms with E-state index in [0.717, 1.165) is 12.8 Å². The smallest absolute Gasteiger partial charge is 0.327 e. The highest BCUT2D eigenvalue weighted by molar-refractivity contribution is 5.95. The monoisotopic (exact) mass is 240 g/mol. The molecular weight excluding hydrogens is 224 g/mol. The molecule has 0 unspecified atom stereocenters. The Kier molecular flexibility index (Phi) is 4.50. The highest BCUT2D eigenvalue weighted by Crippen LogP contribution is 2.07. The number of carbonyl (C=O) groups excluding carboxylic acids is 2. The summed E-state index contributed by atoms with van der Waals surface area (Å²) in [6, 6.07) is 0. The van der Waals surface area contributed by atoms with E-state index in [1.165, 1.54) is 10.9 Å². The summed E-state index contributed by atoms with van der Waals surface area (Å²) in [4.78, 5) is 22.2. The van der Waals surface area contributed by atoms with Crippen LogP contribution in [0.15, 0.2) is 6.20 Å². The average Bonchev–Trinajstić information content (AvgIpc) is 2.60. The minimum Gasteiger partial charge on any atom is -0.464 e. The number of hydrogen-bond acceptors (Lipinski definition) is 5. The predicted octanol–water partition coefficient (Wildman–Crippen LogP) is -0.0925. The number of unbranched alkanes of at least 4 members (excludes halogenated alkanes) is 1. The Morgan fingerprint density at radius 3 is 2.76 bits per heavy atom. The van der Waals surface area contributed by atoms with Gasteiger partial charge in [-0.15, -0.1) is 0 Å². The van der Waals surface area contributed by atoms with Gasteiger partial charge in [0.15, 0.2) is 5.69 Å². The maximum atomic E-state index is 11.3. The van der Waals surface area contributed by atoms with Crippen molar-refractivity contribution in [2.45, 2.75) is 26.3 Å². The molecule has 1 rings (SSSR count). The van der Waals surface area contributed by atoms with Crippen molar-refractivity contribution < 1.29 is 14.3 Å². The molecule has 7 nitrogen and oxygen atoms in total. The van der Waals surface area contributed by atoms with E-state index in [4.69, 9.17) is 16.2 Å². The molecule has 1 amide bonds. The number of ether oxygens (including phenoxy) is 1. The number of rotatable bonds is 6. The molecule has 0 atom stereocenters. The van der Waals surface area contributed by atoms with Gasteiger partial charge in [-0.05, 0) is 6.42 Å². The van der Waals surface area contributed by atoms with E-state index in [-0.39, 0.29) is 17.9 Å². The van der Waals surface area contributed by atoms with Crippen LogP contribution in [0.2, 0.25) is 0 Å². The number of amides is 1. The average molecular weight is 240 g/mol. The van der Waals surface area contributed by atoms with E-state index >= 15 is 0 Å². The largest absolute Gasteiger partial charge is 0.464 e. The Morgan fingerprint density at radius 1 is 1.53 bits per heavy atom.